The third-order valence-electron chi connectivity index (χ3n) is 4.83. The van der Waals surface area contributed by atoms with E-state index in [1.165, 1.54) is 6.07 Å². The first-order valence-corrected chi connectivity index (χ1v) is 8.14. The molecular formula is C17H18FN3O3. The van der Waals surface area contributed by atoms with Crippen molar-refractivity contribution in [3.8, 4) is 0 Å². The third kappa shape index (κ3) is 2.15. The lowest BCUT2D eigenvalue weighted by molar-refractivity contribution is 0.0695. The number of rotatable bonds is 3. The molecule has 1 aromatic heterocycles. The zero-order chi connectivity index (χ0) is 17.0. The molecule has 0 unspecified atom stereocenters. The predicted molar refractivity (Wildman–Crippen MR) is 89.3 cm³/mol. The number of hydrogen-bond donors (Lipinski definition) is 2. The number of hydrogen-bond acceptors (Lipinski definition) is 4. The maximum absolute atomic E-state index is 13.9. The van der Waals surface area contributed by atoms with Crippen molar-refractivity contribution in [3.63, 3.8) is 0 Å². The van der Waals surface area contributed by atoms with Crippen molar-refractivity contribution in [1.29, 1.82) is 0 Å². The van der Waals surface area contributed by atoms with Gasteiger partial charge in [0.05, 0.1) is 11.2 Å². The molecular weight excluding hydrogens is 313 g/mol. The molecule has 2 fully saturated rings. The van der Waals surface area contributed by atoms with Crippen LogP contribution in [0.3, 0.4) is 0 Å². The fourth-order valence-corrected chi connectivity index (χ4v) is 3.56. The maximum Gasteiger partial charge on any atom is 0.343 e. The Hall–Kier alpha value is -2.57. The lowest BCUT2D eigenvalue weighted by Crippen LogP contribution is -2.30. The van der Waals surface area contributed by atoms with Crippen LogP contribution in [-0.4, -0.2) is 28.7 Å². The van der Waals surface area contributed by atoms with E-state index in [1.807, 2.05) is 9.47 Å². The van der Waals surface area contributed by atoms with E-state index >= 15 is 0 Å². The Morgan fingerprint density at radius 3 is 2.50 bits per heavy atom. The minimum absolute atomic E-state index is 0.0354. The number of aromatic nitrogens is 1. The van der Waals surface area contributed by atoms with Gasteiger partial charge in [-0.15, -0.1) is 0 Å². The van der Waals surface area contributed by atoms with Gasteiger partial charge in [0.1, 0.15) is 17.2 Å². The molecule has 4 rings (SSSR count). The highest BCUT2D eigenvalue weighted by Gasteiger charge is 2.34. The number of anilines is 2. The van der Waals surface area contributed by atoms with Crippen molar-refractivity contribution in [2.45, 2.75) is 31.7 Å². The van der Waals surface area contributed by atoms with Crippen LogP contribution in [-0.2, 0) is 0 Å². The molecule has 1 aromatic carbocycles. The molecule has 0 radical (unpaired) electrons. The second-order valence-corrected chi connectivity index (χ2v) is 6.52. The molecule has 0 spiro atoms. The Bertz CT molecular complexity index is 912. The molecule has 7 heteroatoms. The van der Waals surface area contributed by atoms with Crippen molar-refractivity contribution in [1.82, 2.24) is 4.57 Å². The summed E-state index contributed by atoms with van der Waals surface area (Å²) in [4.78, 5) is 26.6. The Balaban J connectivity index is 2.15. The molecule has 2 aliphatic rings. The van der Waals surface area contributed by atoms with Gasteiger partial charge in [0.15, 0.2) is 0 Å². The number of benzene rings is 1. The van der Waals surface area contributed by atoms with Crippen LogP contribution >= 0.6 is 0 Å². The fourth-order valence-electron chi connectivity index (χ4n) is 3.56. The highest BCUT2D eigenvalue weighted by atomic mass is 19.1. The summed E-state index contributed by atoms with van der Waals surface area (Å²) in [6.45, 7) is 1.43. The Morgan fingerprint density at radius 1 is 1.25 bits per heavy atom. The molecule has 2 heterocycles. The SMILES string of the molecule is Nc1cc2c(cc1F)c(=O)c(C(=O)O)c(N1CCCC1)n2C1CC1. The molecule has 0 atom stereocenters. The van der Waals surface area contributed by atoms with E-state index in [0.29, 0.717) is 24.4 Å². The Kier molecular flexibility index (Phi) is 3.26. The van der Waals surface area contributed by atoms with Crippen LogP contribution in [0.25, 0.3) is 10.9 Å². The van der Waals surface area contributed by atoms with E-state index in [4.69, 9.17) is 5.73 Å². The standard InChI is InChI=1S/C17H18FN3O3/c18-11-7-10-13(8-12(11)19)21(9-3-4-9)16(20-5-1-2-6-20)14(15(10)22)17(23)24/h7-9H,1-6,19H2,(H,23,24). The molecule has 126 valence electrons. The molecule has 1 aliphatic carbocycles. The van der Waals surface area contributed by atoms with Crippen molar-refractivity contribution in [2.75, 3.05) is 23.7 Å². The van der Waals surface area contributed by atoms with Gasteiger partial charge in [-0.3, -0.25) is 4.79 Å². The molecule has 1 saturated carbocycles. The summed E-state index contributed by atoms with van der Waals surface area (Å²) in [5, 5.41) is 9.74. The number of fused-ring (bicyclic) bond motifs is 1. The van der Waals surface area contributed by atoms with Crippen LogP contribution in [0.1, 0.15) is 42.1 Å². The lowest BCUT2D eigenvalue weighted by Gasteiger charge is -2.26. The summed E-state index contributed by atoms with van der Waals surface area (Å²) < 4.78 is 15.8. The number of halogens is 1. The number of nitrogens with zero attached hydrogens (tertiary/aromatic N) is 2. The van der Waals surface area contributed by atoms with E-state index in [9.17, 15) is 19.1 Å². The highest BCUT2D eigenvalue weighted by Crippen LogP contribution is 2.42. The zero-order valence-electron chi connectivity index (χ0n) is 13.1. The summed E-state index contributed by atoms with van der Waals surface area (Å²) in [6, 6.07) is 2.65. The molecule has 6 nitrogen and oxygen atoms in total. The van der Waals surface area contributed by atoms with Crippen molar-refractivity contribution >= 4 is 28.4 Å². The number of pyridine rings is 1. The van der Waals surface area contributed by atoms with Gasteiger partial charge in [0.2, 0.25) is 5.43 Å². The first-order valence-electron chi connectivity index (χ1n) is 8.14. The largest absolute Gasteiger partial charge is 0.477 e. The van der Waals surface area contributed by atoms with Gasteiger partial charge in [0.25, 0.3) is 0 Å². The van der Waals surface area contributed by atoms with Crippen LogP contribution in [0.4, 0.5) is 15.9 Å². The fraction of sp³-hybridized carbons (Fsp3) is 0.412. The van der Waals surface area contributed by atoms with E-state index in [2.05, 4.69) is 0 Å². The van der Waals surface area contributed by atoms with E-state index in [1.54, 1.807) is 0 Å². The average Bonchev–Trinajstić information content (AvgIpc) is 3.22. The molecule has 24 heavy (non-hydrogen) atoms. The zero-order valence-corrected chi connectivity index (χ0v) is 13.1. The van der Waals surface area contributed by atoms with Gasteiger partial charge in [-0.05, 0) is 37.8 Å². The summed E-state index contributed by atoms with van der Waals surface area (Å²) in [5.41, 5.74) is 5.29. The predicted octanol–water partition coefficient (Wildman–Crippen LogP) is 2.36. The second kappa shape index (κ2) is 5.22. The Morgan fingerprint density at radius 2 is 1.92 bits per heavy atom. The van der Waals surface area contributed by atoms with Gasteiger partial charge in [-0.25, -0.2) is 9.18 Å². The summed E-state index contributed by atoms with van der Waals surface area (Å²) in [7, 11) is 0. The van der Waals surface area contributed by atoms with Crippen molar-refractivity contribution < 1.29 is 14.3 Å². The average molecular weight is 331 g/mol. The van der Waals surface area contributed by atoms with Crippen molar-refractivity contribution in [2.24, 2.45) is 0 Å². The minimum Gasteiger partial charge on any atom is -0.477 e. The second-order valence-electron chi connectivity index (χ2n) is 6.52. The normalized spacial score (nSPS) is 17.6. The number of carboxylic acids is 1. The molecule has 1 saturated heterocycles. The first-order chi connectivity index (χ1) is 11.5. The molecule has 0 amide bonds. The van der Waals surface area contributed by atoms with E-state index in [0.717, 1.165) is 31.7 Å². The summed E-state index contributed by atoms with van der Waals surface area (Å²) >= 11 is 0. The molecule has 3 N–H and O–H groups in total. The summed E-state index contributed by atoms with van der Waals surface area (Å²) in [6.07, 6.45) is 3.74. The van der Waals surface area contributed by atoms with Gasteiger partial charge < -0.3 is 20.3 Å². The number of carbonyl (C=O) groups is 1. The van der Waals surface area contributed by atoms with Gasteiger partial charge >= 0.3 is 5.97 Å². The number of nitrogens with two attached hydrogens (primary N) is 1. The first kappa shape index (κ1) is 15.0. The monoisotopic (exact) mass is 331 g/mol. The van der Waals surface area contributed by atoms with E-state index < -0.39 is 17.2 Å². The highest BCUT2D eigenvalue weighted by molar-refractivity contribution is 5.99. The topological polar surface area (TPSA) is 88.6 Å². The Labute approximate surface area is 137 Å². The molecule has 0 bridgehead atoms. The van der Waals surface area contributed by atoms with Crippen molar-refractivity contribution in [3.05, 3.63) is 33.7 Å². The van der Waals surface area contributed by atoms with Crippen LogP contribution in [0, 0.1) is 5.82 Å². The lowest BCUT2D eigenvalue weighted by atomic mass is 10.1. The maximum atomic E-state index is 13.9. The van der Waals surface area contributed by atoms with Crippen LogP contribution in [0.2, 0.25) is 0 Å². The number of nitrogen functional groups attached to an aromatic ring is 1. The molecule has 1 aliphatic heterocycles. The smallest absolute Gasteiger partial charge is 0.343 e. The van der Waals surface area contributed by atoms with Gasteiger partial charge in [-0.2, -0.15) is 0 Å². The third-order valence-corrected chi connectivity index (χ3v) is 4.83. The minimum atomic E-state index is -1.27. The number of carboxylic acid groups (broad SMARTS) is 1. The van der Waals surface area contributed by atoms with Gasteiger partial charge in [0, 0.05) is 24.5 Å². The van der Waals surface area contributed by atoms with Crippen LogP contribution in [0.5, 0.6) is 0 Å². The van der Waals surface area contributed by atoms with E-state index in [-0.39, 0.29) is 22.7 Å². The van der Waals surface area contributed by atoms with Crippen LogP contribution in [0.15, 0.2) is 16.9 Å². The van der Waals surface area contributed by atoms with Crippen LogP contribution < -0.4 is 16.1 Å². The summed E-state index contributed by atoms with van der Waals surface area (Å²) in [5.74, 6) is -1.52. The molecule has 2 aromatic rings. The quantitative estimate of drug-likeness (QED) is 0.843. The van der Waals surface area contributed by atoms with Gasteiger partial charge in [-0.1, -0.05) is 0 Å². The number of aromatic carboxylic acids is 1.